The number of nitrogen functional groups attached to an aromatic ring is 1. The molecule has 0 radical (unpaired) electrons. The molecule has 2 rings (SSSR count). The van der Waals surface area contributed by atoms with Crippen LogP contribution in [0.4, 0.5) is 11.5 Å². The zero-order valence-corrected chi connectivity index (χ0v) is 11.1. The van der Waals surface area contributed by atoms with Crippen molar-refractivity contribution in [2.24, 2.45) is 0 Å². The molecule has 0 saturated carbocycles. The summed E-state index contributed by atoms with van der Waals surface area (Å²) in [6.45, 7) is 4.03. The van der Waals surface area contributed by atoms with E-state index in [1.165, 1.54) is 0 Å². The first-order valence-electron chi connectivity index (χ1n) is 6.20. The predicted molar refractivity (Wildman–Crippen MR) is 77.1 cm³/mol. The number of para-hydroxylation sites is 1. The molecule has 0 aliphatic carbocycles. The number of nitrogens with one attached hydrogen (secondary N) is 1. The van der Waals surface area contributed by atoms with Crippen molar-refractivity contribution in [3.8, 4) is 0 Å². The first kappa shape index (κ1) is 13.1. The van der Waals surface area contributed by atoms with E-state index < -0.39 is 0 Å². The van der Waals surface area contributed by atoms with Crippen molar-refractivity contribution >= 4 is 17.4 Å². The molecule has 1 amide bonds. The van der Waals surface area contributed by atoms with Crippen molar-refractivity contribution in [3.63, 3.8) is 0 Å². The van der Waals surface area contributed by atoms with Crippen molar-refractivity contribution < 1.29 is 4.79 Å². The number of benzene rings is 1. The topological polar surface area (TPSA) is 68.0 Å². The fraction of sp³-hybridized carbons (Fsp3) is 0.200. The summed E-state index contributed by atoms with van der Waals surface area (Å²) in [7, 11) is 0. The molecule has 0 saturated heterocycles. The summed E-state index contributed by atoms with van der Waals surface area (Å²) in [4.78, 5) is 16.4. The third-order valence-electron chi connectivity index (χ3n) is 2.75. The van der Waals surface area contributed by atoms with Gasteiger partial charge >= 0.3 is 0 Å². The van der Waals surface area contributed by atoms with Gasteiger partial charge in [0.05, 0.1) is 0 Å². The fourth-order valence-electron chi connectivity index (χ4n) is 1.73. The molecule has 4 heteroatoms. The van der Waals surface area contributed by atoms with Crippen LogP contribution in [0.5, 0.6) is 0 Å². The maximum absolute atomic E-state index is 12.1. The van der Waals surface area contributed by atoms with E-state index in [0.717, 1.165) is 11.4 Å². The molecular weight excluding hydrogens is 238 g/mol. The molecule has 0 aliphatic heterocycles. The van der Waals surface area contributed by atoms with Crippen LogP contribution in [0.25, 0.3) is 0 Å². The lowest BCUT2D eigenvalue weighted by molar-refractivity contribution is 0.102. The van der Waals surface area contributed by atoms with Gasteiger partial charge in [0.15, 0.2) is 0 Å². The maximum atomic E-state index is 12.1. The highest BCUT2D eigenvalue weighted by atomic mass is 16.1. The Morgan fingerprint density at radius 2 is 1.89 bits per heavy atom. The Bertz CT molecular complexity index is 579. The molecule has 0 aliphatic rings. The lowest BCUT2D eigenvalue weighted by Crippen LogP contribution is -2.13. The van der Waals surface area contributed by atoms with Crippen LogP contribution in [0.15, 0.2) is 42.5 Å². The van der Waals surface area contributed by atoms with Gasteiger partial charge < -0.3 is 11.1 Å². The van der Waals surface area contributed by atoms with Crippen molar-refractivity contribution in [2.45, 2.75) is 19.8 Å². The zero-order valence-electron chi connectivity index (χ0n) is 11.1. The maximum Gasteiger partial charge on any atom is 0.255 e. The van der Waals surface area contributed by atoms with Crippen LogP contribution in [-0.4, -0.2) is 10.9 Å². The lowest BCUT2D eigenvalue weighted by atomic mass is 10.1. The molecule has 0 spiro atoms. The van der Waals surface area contributed by atoms with Gasteiger partial charge in [0.2, 0.25) is 0 Å². The fourth-order valence-corrected chi connectivity index (χ4v) is 1.73. The third-order valence-corrected chi connectivity index (χ3v) is 2.75. The van der Waals surface area contributed by atoms with E-state index in [-0.39, 0.29) is 11.8 Å². The average molecular weight is 255 g/mol. The smallest absolute Gasteiger partial charge is 0.255 e. The molecule has 4 nitrogen and oxygen atoms in total. The second-order valence-corrected chi connectivity index (χ2v) is 4.68. The minimum atomic E-state index is -0.179. The Kier molecular flexibility index (Phi) is 3.80. The molecule has 1 aromatic carbocycles. The van der Waals surface area contributed by atoms with E-state index in [1.54, 1.807) is 12.1 Å². The Morgan fingerprint density at radius 1 is 1.21 bits per heavy atom. The Hall–Kier alpha value is -2.36. The van der Waals surface area contributed by atoms with Crippen LogP contribution >= 0.6 is 0 Å². The predicted octanol–water partition coefficient (Wildman–Crippen LogP) is 3.04. The van der Waals surface area contributed by atoms with Gasteiger partial charge in [-0.15, -0.1) is 0 Å². The standard InChI is InChI=1S/C15H17N3O/c1-10(2)13-8-11(9-14(16)18-13)15(19)17-12-6-4-3-5-7-12/h3-10H,1-2H3,(H2,16,18)(H,17,19). The van der Waals surface area contributed by atoms with E-state index in [9.17, 15) is 4.79 Å². The molecule has 1 aromatic heterocycles. The summed E-state index contributed by atoms with van der Waals surface area (Å²) in [6, 6.07) is 12.7. The molecule has 2 aromatic rings. The Balaban J connectivity index is 2.24. The number of carbonyl (C=O) groups is 1. The van der Waals surface area contributed by atoms with Gasteiger partial charge in [-0.2, -0.15) is 0 Å². The molecule has 1 heterocycles. The summed E-state index contributed by atoms with van der Waals surface area (Å²) in [6.07, 6.45) is 0. The average Bonchev–Trinajstić information content (AvgIpc) is 2.39. The van der Waals surface area contributed by atoms with Crippen LogP contribution in [-0.2, 0) is 0 Å². The molecule has 0 unspecified atom stereocenters. The number of anilines is 2. The molecular formula is C15H17N3O. The summed E-state index contributed by atoms with van der Waals surface area (Å²) in [5.74, 6) is 0.415. The number of hydrogen-bond acceptors (Lipinski definition) is 3. The largest absolute Gasteiger partial charge is 0.384 e. The SMILES string of the molecule is CC(C)c1cc(C(=O)Nc2ccccc2)cc(N)n1. The third kappa shape index (κ3) is 3.31. The normalized spacial score (nSPS) is 10.5. The second kappa shape index (κ2) is 5.52. The lowest BCUT2D eigenvalue weighted by Gasteiger charge is -2.09. The summed E-state index contributed by atoms with van der Waals surface area (Å²) in [5.41, 5.74) is 7.84. The van der Waals surface area contributed by atoms with Crippen LogP contribution in [0, 0.1) is 0 Å². The van der Waals surface area contributed by atoms with Crippen LogP contribution in [0.2, 0.25) is 0 Å². The Labute approximate surface area is 112 Å². The van der Waals surface area contributed by atoms with Gasteiger partial charge in [0, 0.05) is 16.9 Å². The summed E-state index contributed by atoms with van der Waals surface area (Å²) in [5, 5.41) is 2.83. The molecule has 0 atom stereocenters. The van der Waals surface area contributed by atoms with Gasteiger partial charge in [0.25, 0.3) is 5.91 Å². The van der Waals surface area contributed by atoms with Crippen LogP contribution in [0.3, 0.4) is 0 Å². The minimum absolute atomic E-state index is 0.179. The molecule has 19 heavy (non-hydrogen) atoms. The van der Waals surface area contributed by atoms with Crippen molar-refractivity contribution in [2.75, 3.05) is 11.1 Å². The highest BCUT2D eigenvalue weighted by molar-refractivity contribution is 6.04. The second-order valence-electron chi connectivity index (χ2n) is 4.68. The van der Waals surface area contributed by atoms with E-state index in [1.807, 2.05) is 44.2 Å². The van der Waals surface area contributed by atoms with E-state index in [0.29, 0.717) is 11.4 Å². The molecule has 98 valence electrons. The molecule has 0 fully saturated rings. The highest BCUT2D eigenvalue weighted by Gasteiger charge is 2.11. The van der Waals surface area contributed by atoms with E-state index >= 15 is 0 Å². The summed E-state index contributed by atoms with van der Waals surface area (Å²) >= 11 is 0. The quantitative estimate of drug-likeness (QED) is 0.885. The van der Waals surface area contributed by atoms with Gasteiger partial charge in [-0.05, 0) is 30.2 Å². The highest BCUT2D eigenvalue weighted by Crippen LogP contribution is 2.17. The monoisotopic (exact) mass is 255 g/mol. The number of carbonyl (C=O) groups excluding carboxylic acids is 1. The molecule has 0 bridgehead atoms. The Morgan fingerprint density at radius 3 is 2.53 bits per heavy atom. The van der Waals surface area contributed by atoms with Gasteiger partial charge in [-0.3, -0.25) is 4.79 Å². The minimum Gasteiger partial charge on any atom is -0.384 e. The van der Waals surface area contributed by atoms with Crippen molar-refractivity contribution in [1.29, 1.82) is 0 Å². The number of hydrogen-bond donors (Lipinski definition) is 2. The number of pyridine rings is 1. The summed E-state index contributed by atoms with van der Waals surface area (Å²) < 4.78 is 0. The van der Waals surface area contributed by atoms with E-state index in [4.69, 9.17) is 5.73 Å². The van der Waals surface area contributed by atoms with Gasteiger partial charge in [0.1, 0.15) is 5.82 Å². The first-order valence-corrected chi connectivity index (χ1v) is 6.20. The van der Waals surface area contributed by atoms with Crippen LogP contribution in [0.1, 0.15) is 35.8 Å². The number of nitrogens with zero attached hydrogens (tertiary/aromatic N) is 1. The zero-order chi connectivity index (χ0) is 13.8. The molecule has 3 N–H and O–H groups in total. The number of nitrogens with two attached hydrogens (primary N) is 1. The van der Waals surface area contributed by atoms with Gasteiger partial charge in [-0.25, -0.2) is 4.98 Å². The first-order chi connectivity index (χ1) is 9.06. The number of rotatable bonds is 3. The van der Waals surface area contributed by atoms with Gasteiger partial charge in [-0.1, -0.05) is 32.0 Å². The number of aromatic nitrogens is 1. The van der Waals surface area contributed by atoms with Crippen LogP contribution < -0.4 is 11.1 Å². The number of amides is 1. The van der Waals surface area contributed by atoms with Crippen molar-refractivity contribution in [3.05, 3.63) is 53.7 Å². The van der Waals surface area contributed by atoms with Crippen molar-refractivity contribution in [1.82, 2.24) is 4.98 Å². The van der Waals surface area contributed by atoms with E-state index in [2.05, 4.69) is 10.3 Å².